The molecule has 6 nitrogen and oxygen atoms in total. The maximum absolute atomic E-state index is 10.7. The second-order valence-electron chi connectivity index (χ2n) is 2.06. The molecular formula is C6H2N4O2. The molecule has 6 heteroatoms. The second kappa shape index (κ2) is 2.26. The van der Waals surface area contributed by atoms with Crippen LogP contribution in [0.1, 0.15) is 10.5 Å². The third-order valence-electron chi connectivity index (χ3n) is 1.35. The fourth-order valence-corrected chi connectivity index (χ4v) is 0.869. The lowest BCUT2D eigenvalue weighted by Crippen LogP contribution is -2.30. The Hall–Kier alpha value is -1.98. The highest BCUT2D eigenvalue weighted by Gasteiger charge is 2.09. The Bertz CT molecular complexity index is 479. The summed E-state index contributed by atoms with van der Waals surface area (Å²) in [5.74, 6) is 0. The van der Waals surface area contributed by atoms with Crippen molar-refractivity contribution < 1.29 is 9.59 Å². The summed E-state index contributed by atoms with van der Waals surface area (Å²) in [6.07, 6.45) is 1.68. The summed E-state index contributed by atoms with van der Waals surface area (Å²) < 4.78 is 0. The van der Waals surface area contributed by atoms with Crippen LogP contribution in [0.3, 0.4) is 0 Å². The maximum atomic E-state index is 10.7. The van der Waals surface area contributed by atoms with Gasteiger partial charge in [-0.2, -0.15) is 9.98 Å². The van der Waals surface area contributed by atoms with Crippen LogP contribution in [0, 0.1) is 0 Å². The van der Waals surface area contributed by atoms with E-state index in [4.69, 9.17) is 0 Å². The lowest BCUT2D eigenvalue weighted by molar-refractivity contribution is 0.111. The number of amides is 2. The molecule has 1 aliphatic heterocycles. The zero-order valence-corrected chi connectivity index (χ0v) is 5.76. The Morgan fingerprint density at radius 3 is 2.83 bits per heavy atom. The van der Waals surface area contributed by atoms with Crippen LogP contribution in [-0.4, -0.2) is 22.3 Å². The zero-order valence-electron chi connectivity index (χ0n) is 5.76. The van der Waals surface area contributed by atoms with Gasteiger partial charge >= 0.3 is 6.03 Å². The highest BCUT2D eigenvalue weighted by molar-refractivity contribution is 5.79. The van der Waals surface area contributed by atoms with Gasteiger partial charge in [-0.25, -0.2) is 14.8 Å². The first-order valence-corrected chi connectivity index (χ1v) is 3.09. The van der Waals surface area contributed by atoms with Crippen molar-refractivity contribution in [2.45, 2.75) is 0 Å². The Labute approximate surface area is 65.7 Å². The number of hydrogen-bond donors (Lipinski definition) is 0. The van der Waals surface area contributed by atoms with Gasteiger partial charge in [0.25, 0.3) is 0 Å². The first-order valence-electron chi connectivity index (χ1n) is 3.09. The van der Waals surface area contributed by atoms with Gasteiger partial charge in [0.2, 0.25) is 0 Å². The molecule has 0 aromatic carbocycles. The molecule has 0 unspecified atom stereocenters. The highest BCUT2D eigenvalue weighted by Crippen LogP contribution is 1.83. The number of aldehydes is 1. The predicted molar refractivity (Wildman–Crippen MR) is 35.1 cm³/mol. The molecule has 0 saturated carbocycles. The van der Waals surface area contributed by atoms with Crippen molar-refractivity contribution in [3.63, 3.8) is 0 Å². The van der Waals surface area contributed by atoms with E-state index in [1.807, 2.05) is 0 Å². The van der Waals surface area contributed by atoms with Gasteiger partial charge in [0.1, 0.15) is 17.4 Å². The molecule has 0 saturated heterocycles. The Kier molecular flexibility index (Phi) is 1.26. The molecular weight excluding hydrogens is 160 g/mol. The van der Waals surface area contributed by atoms with E-state index >= 15 is 0 Å². The lowest BCUT2D eigenvalue weighted by atomic mass is 10.4. The minimum Gasteiger partial charge on any atom is -0.296 e. The normalized spacial score (nSPS) is 13.2. The summed E-state index contributed by atoms with van der Waals surface area (Å²) in [6.45, 7) is 0. The summed E-state index contributed by atoms with van der Waals surface area (Å²) in [6, 6.07) is -0.645. The largest absolute Gasteiger partial charge is 0.369 e. The van der Waals surface area contributed by atoms with Crippen LogP contribution in [0.25, 0.3) is 0 Å². The molecule has 0 radical (unpaired) electrons. The van der Waals surface area contributed by atoms with E-state index < -0.39 is 6.03 Å². The van der Waals surface area contributed by atoms with Crippen molar-refractivity contribution in [2.24, 2.45) is 9.98 Å². The van der Waals surface area contributed by atoms with E-state index in [0.29, 0.717) is 6.29 Å². The van der Waals surface area contributed by atoms with Crippen molar-refractivity contribution in [1.82, 2.24) is 9.97 Å². The van der Waals surface area contributed by atoms with Crippen molar-refractivity contribution >= 4 is 12.3 Å². The number of carbonyl (C=O) groups is 2. The second-order valence-corrected chi connectivity index (χ2v) is 2.06. The average molecular weight is 162 g/mol. The molecule has 58 valence electrons. The molecule has 0 fully saturated rings. The third kappa shape index (κ3) is 0.815. The zero-order chi connectivity index (χ0) is 8.55. The molecule has 12 heavy (non-hydrogen) atoms. The minimum absolute atomic E-state index is 0.0922. The smallest absolute Gasteiger partial charge is 0.296 e. The lowest BCUT2D eigenvalue weighted by Gasteiger charge is -1.83. The van der Waals surface area contributed by atoms with Crippen molar-refractivity contribution in [1.29, 1.82) is 0 Å². The predicted octanol–water partition coefficient (Wildman–Crippen LogP) is -1.34. The van der Waals surface area contributed by atoms with E-state index in [2.05, 4.69) is 20.0 Å². The number of aromatic nitrogens is 2. The first-order chi connectivity index (χ1) is 5.81. The number of rotatable bonds is 1. The van der Waals surface area contributed by atoms with Crippen LogP contribution >= 0.6 is 0 Å². The summed E-state index contributed by atoms with van der Waals surface area (Å²) >= 11 is 0. The van der Waals surface area contributed by atoms with E-state index in [-0.39, 0.29) is 16.5 Å². The van der Waals surface area contributed by atoms with Crippen LogP contribution in [0.2, 0.25) is 0 Å². The maximum Gasteiger partial charge on any atom is 0.369 e. The van der Waals surface area contributed by atoms with Crippen molar-refractivity contribution in [2.75, 3.05) is 0 Å². The minimum atomic E-state index is -0.645. The number of nitrogens with zero attached hydrogens (tertiary/aromatic N) is 4. The summed E-state index contributed by atoms with van der Waals surface area (Å²) in [5, 5.41) is 0.164. The SMILES string of the molecule is O=Cc1ncnc2c1=NC(=O)N=2. The topological polar surface area (TPSA) is 84.6 Å². The molecule has 0 atom stereocenters. The number of fused-ring (bicyclic) bond motifs is 1. The van der Waals surface area contributed by atoms with Gasteiger partial charge < -0.3 is 0 Å². The van der Waals surface area contributed by atoms with E-state index in [9.17, 15) is 9.59 Å². The fraction of sp³-hybridized carbons (Fsp3) is 0. The van der Waals surface area contributed by atoms with E-state index in [1.165, 1.54) is 6.33 Å². The van der Waals surface area contributed by atoms with Crippen LogP contribution in [0.15, 0.2) is 16.3 Å². The fourth-order valence-electron chi connectivity index (χ4n) is 0.869. The molecule has 0 N–H and O–H groups in total. The van der Waals surface area contributed by atoms with Gasteiger partial charge in [0.15, 0.2) is 11.8 Å². The molecule has 2 heterocycles. The number of urea groups is 1. The third-order valence-corrected chi connectivity index (χ3v) is 1.35. The van der Waals surface area contributed by atoms with Gasteiger partial charge in [-0.15, -0.1) is 0 Å². The molecule has 1 aliphatic rings. The summed E-state index contributed by atoms with van der Waals surface area (Å²) in [5.41, 5.74) is 0.256. The average Bonchev–Trinajstić information content (AvgIpc) is 2.44. The van der Waals surface area contributed by atoms with Gasteiger partial charge in [-0.3, -0.25) is 4.79 Å². The van der Waals surface area contributed by atoms with Gasteiger partial charge in [0, 0.05) is 0 Å². The number of carbonyl (C=O) groups excluding carboxylic acids is 2. The molecule has 1 aromatic rings. The Morgan fingerprint density at radius 2 is 2.08 bits per heavy atom. The summed E-state index contributed by atoms with van der Waals surface area (Å²) in [7, 11) is 0. The van der Waals surface area contributed by atoms with Crippen LogP contribution in [-0.2, 0) is 0 Å². The highest BCUT2D eigenvalue weighted by atomic mass is 16.2. The Morgan fingerprint density at radius 1 is 1.25 bits per heavy atom. The molecule has 1 aromatic heterocycles. The molecule has 0 spiro atoms. The molecule has 2 amide bonds. The molecule has 0 aliphatic carbocycles. The van der Waals surface area contributed by atoms with Crippen molar-refractivity contribution in [3.8, 4) is 0 Å². The first kappa shape index (κ1) is 6.71. The molecule has 2 rings (SSSR count). The number of hydrogen-bond acceptors (Lipinski definition) is 4. The monoisotopic (exact) mass is 162 g/mol. The standard InChI is InChI=1S/C6H2N4O2/c11-1-3-4-5(8-2-7-3)10-6(12)9-4/h1-2H. The summed E-state index contributed by atoms with van der Waals surface area (Å²) in [4.78, 5) is 35.2. The quantitative estimate of drug-likeness (QED) is 0.478. The van der Waals surface area contributed by atoms with E-state index in [1.54, 1.807) is 0 Å². The Balaban J connectivity index is 2.93. The van der Waals surface area contributed by atoms with Crippen LogP contribution in [0.5, 0.6) is 0 Å². The van der Waals surface area contributed by atoms with Crippen LogP contribution in [0.4, 0.5) is 4.79 Å². The molecule has 0 bridgehead atoms. The van der Waals surface area contributed by atoms with Crippen LogP contribution < -0.4 is 10.8 Å². The van der Waals surface area contributed by atoms with E-state index in [0.717, 1.165) is 0 Å². The van der Waals surface area contributed by atoms with Gasteiger partial charge in [-0.05, 0) is 0 Å². The van der Waals surface area contributed by atoms with Gasteiger partial charge in [-0.1, -0.05) is 0 Å². The van der Waals surface area contributed by atoms with Gasteiger partial charge in [0.05, 0.1) is 0 Å². The van der Waals surface area contributed by atoms with Crippen molar-refractivity contribution in [3.05, 3.63) is 22.9 Å².